The van der Waals surface area contributed by atoms with E-state index in [4.69, 9.17) is 13.9 Å². The van der Waals surface area contributed by atoms with Crippen LogP contribution in [0.15, 0.2) is 28.7 Å². The Balaban J connectivity index is 1.73. The number of hydrogen-bond donors (Lipinski definition) is 0. The van der Waals surface area contributed by atoms with Gasteiger partial charge >= 0.3 is 0 Å². The van der Waals surface area contributed by atoms with E-state index in [-0.39, 0.29) is 30.3 Å². The molecule has 1 fully saturated rings. The number of rotatable bonds is 4. The van der Waals surface area contributed by atoms with Crippen LogP contribution in [-0.2, 0) is 11.3 Å². The lowest BCUT2D eigenvalue weighted by Gasteiger charge is -2.34. The summed E-state index contributed by atoms with van der Waals surface area (Å²) in [7, 11) is 0. The molecule has 1 aromatic heterocycles. The lowest BCUT2D eigenvalue weighted by atomic mass is 10.2. The van der Waals surface area contributed by atoms with Crippen LogP contribution < -0.4 is 9.64 Å². The Morgan fingerprint density at radius 3 is 2.58 bits per heavy atom. The van der Waals surface area contributed by atoms with E-state index in [2.05, 4.69) is 11.1 Å². The molecule has 0 radical (unpaired) electrons. The first-order valence-electron chi connectivity index (χ1n) is 7.73. The third kappa shape index (κ3) is 3.66. The van der Waals surface area contributed by atoms with Gasteiger partial charge in [0.05, 0.1) is 12.2 Å². The molecule has 3 rings (SSSR count). The molecule has 0 amide bonds. The summed E-state index contributed by atoms with van der Waals surface area (Å²) in [4.78, 5) is 6.14. The molecule has 6 nitrogen and oxygen atoms in total. The van der Waals surface area contributed by atoms with E-state index >= 15 is 0 Å². The van der Waals surface area contributed by atoms with Crippen LogP contribution in [0.25, 0.3) is 0 Å². The van der Waals surface area contributed by atoms with Crippen molar-refractivity contribution in [3.8, 4) is 11.8 Å². The summed E-state index contributed by atoms with van der Waals surface area (Å²) in [5.74, 6) is 0.918. The highest BCUT2D eigenvalue weighted by atomic mass is 19.1. The minimum absolute atomic E-state index is 0.0457. The molecule has 0 spiro atoms. The Hall–Kier alpha value is -2.59. The lowest BCUT2D eigenvalue weighted by Crippen LogP contribution is -2.45. The molecule has 2 atom stereocenters. The normalized spacial score (nSPS) is 20.7. The standard InChI is InChI=1S/C17H18FN3O3/c1-11-8-21(9-12(2)23-11)17-15(7-19)20-16(24-17)10-22-14-5-3-13(18)4-6-14/h3-6,11-12H,8-10H2,1-2H3/t11-,12+. The predicted molar refractivity (Wildman–Crippen MR) is 84.2 cm³/mol. The van der Waals surface area contributed by atoms with Crippen molar-refractivity contribution < 1.29 is 18.3 Å². The summed E-state index contributed by atoms with van der Waals surface area (Å²) in [5.41, 5.74) is 0.231. The lowest BCUT2D eigenvalue weighted by molar-refractivity contribution is -0.00651. The van der Waals surface area contributed by atoms with Crippen molar-refractivity contribution in [2.24, 2.45) is 0 Å². The van der Waals surface area contributed by atoms with Gasteiger partial charge in [-0.1, -0.05) is 0 Å². The predicted octanol–water partition coefficient (Wildman–Crippen LogP) is 2.88. The molecule has 126 valence electrons. The zero-order chi connectivity index (χ0) is 17.1. The minimum Gasteiger partial charge on any atom is -0.484 e. The van der Waals surface area contributed by atoms with Crippen LogP contribution in [0.2, 0.25) is 0 Å². The van der Waals surface area contributed by atoms with Gasteiger partial charge in [-0.05, 0) is 38.1 Å². The Labute approximate surface area is 139 Å². The number of nitriles is 1. The molecular formula is C17H18FN3O3. The molecule has 0 unspecified atom stereocenters. The number of nitrogens with zero attached hydrogens (tertiary/aromatic N) is 3. The molecule has 2 aromatic rings. The first-order valence-corrected chi connectivity index (χ1v) is 7.73. The highest BCUT2D eigenvalue weighted by Crippen LogP contribution is 2.26. The first kappa shape index (κ1) is 16.3. The van der Waals surface area contributed by atoms with Crippen LogP contribution in [0.1, 0.15) is 25.4 Å². The maximum atomic E-state index is 12.9. The van der Waals surface area contributed by atoms with Crippen LogP contribution in [0.4, 0.5) is 10.3 Å². The second-order valence-corrected chi connectivity index (χ2v) is 5.78. The van der Waals surface area contributed by atoms with Gasteiger partial charge in [0, 0.05) is 13.1 Å². The SMILES string of the molecule is C[C@@H]1CN(c2oc(COc3ccc(F)cc3)nc2C#N)C[C@H](C)O1. The monoisotopic (exact) mass is 331 g/mol. The van der Waals surface area contributed by atoms with E-state index in [1.807, 2.05) is 18.7 Å². The molecular weight excluding hydrogens is 313 g/mol. The molecule has 0 N–H and O–H groups in total. The van der Waals surface area contributed by atoms with Gasteiger partial charge in [-0.15, -0.1) is 0 Å². The zero-order valence-corrected chi connectivity index (χ0v) is 13.5. The minimum atomic E-state index is -0.330. The molecule has 2 heterocycles. The van der Waals surface area contributed by atoms with Crippen molar-refractivity contribution in [2.75, 3.05) is 18.0 Å². The average Bonchev–Trinajstić information content (AvgIpc) is 2.97. The summed E-state index contributed by atoms with van der Waals surface area (Å²) >= 11 is 0. The summed E-state index contributed by atoms with van der Waals surface area (Å²) < 4.78 is 29.8. The summed E-state index contributed by atoms with van der Waals surface area (Å²) in [6.45, 7) is 5.28. The van der Waals surface area contributed by atoms with E-state index in [0.29, 0.717) is 30.6 Å². The highest BCUT2D eigenvalue weighted by molar-refractivity contribution is 5.48. The Bertz CT molecular complexity index is 729. The van der Waals surface area contributed by atoms with E-state index in [1.165, 1.54) is 24.3 Å². The molecule has 1 aromatic carbocycles. The fraction of sp³-hybridized carbons (Fsp3) is 0.412. The number of oxazole rings is 1. The third-order valence-electron chi connectivity index (χ3n) is 3.64. The molecule has 1 saturated heterocycles. The number of aromatic nitrogens is 1. The van der Waals surface area contributed by atoms with E-state index in [1.54, 1.807) is 0 Å². The fourth-order valence-electron chi connectivity index (χ4n) is 2.72. The van der Waals surface area contributed by atoms with Gasteiger partial charge in [-0.3, -0.25) is 0 Å². The number of hydrogen-bond acceptors (Lipinski definition) is 6. The van der Waals surface area contributed by atoms with Gasteiger partial charge in [-0.25, -0.2) is 4.39 Å². The van der Waals surface area contributed by atoms with E-state index < -0.39 is 0 Å². The van der Waals surface area contributed by atoms with Gasteiger partial charge in [0.15, 0.2) is 6.61 Å². The van der Waals surface area contributed by atoms with Crippen LogP contribution in [0, 0.1) is 17.1 Å². The summed E-state index contributed by atoms with van der Waals surface area (Å²) in [6.07, 6.45) is 0.0913. The number of ether oxygens (including phenoxy) is 2. The number of benzene rings is 1. The van der Waals surface area contributed by atoms with Gasteiger partial charge in [0.2, 0.25) is 17.5 Å². The van der Waals surface area contributed by atoms with Crippen molar-refractivity contribution in [2.45, 2.75) is 32.7 Å². The van der Waals surface area contributed by atoms with Gasteiger partial charge in [0.25, 0.3) is 0 Å². The van der Waals surface area contributed by atoms with E-state index in [0.717, 1.165) is 0 Å². The third-order valence-corrected chi connectivity index (χ3v) is 3.64. The first-order chi connectivity index (χ1) is 11.5. The maximum absolute atomic E-state index is 12.9. The van der Waals surface area contributed by atoms with Gasteiger partial charge in [0.1, 0.15) is 17.6 Å². The van der Waals surface area contributed by atoms with Gasteiger partial charge in [-0.2, -0.15) is 10.2 Å². The Kier molecular flexibility index (Phi) is 4.67. The van der Waals surface area contributed by atoms with Crippen molar-refractivity contribution in [3.63, 3.8) is 0 Å². The molecule has 0 aliphatic carbocycles. The molecule has 0 saturated carbocycles. The van der Waals surface area contributed by atoms with Crippen LogP contribution in [-0.4, -0.2) is 30.3 Å². The van der Waals surface area contributed by atoms with Crippen molar-refractivity contribution in [1.29, 1.82) is 5.26 Å². The average molecular weight is 331 g/mol. The zero-order valence-electron chi connectivity index (χ0n) is 13.5. The quantitative estimate of drug-likeness (QED) is 0.858. The van der Waals surface area contributed by atoms with Crippen LogP contribution in [0.5, 0.6) is 5.75 Å². The largest absolute Gasteiger partial charge is 0.484 e. The van der Waals surface area contributed by atoms with Gasteiger partial charge < -0.3 is 18.8 Å². The van der Waals surface area contributed by atoms with Crippen molar-refractivity contribution in [3.05, 3.63) is 41.7 Å². The second-order valence-electron chi connectivity index (χ2n) is 5.78. The summed E-state index contributed by atoms with van der Waals surface area (Å²) in [6, 6.07) is 7.73. The number of halogens is 1. The molecule has 1 aliphatic rings. The number of morpholine rings is 1. The molecule has 7 heteroatoms. The topological polar surface area (TPSA) is 71.5 Å². The Morgan fingerprint density at radius 2 is 1.96 bits per heavy atom. The van der Waals surface area contributed by atoms with Crippen LogP contribution in [0.3, 0.4) is 0 Å². The van der Waals surface area contributed by atoms with Crippen LogP contribution >= 0.6 is 0 Å². The molecule has 0 bridgehead atoms. The number of anilines is 1. The smallest absolute Gasteiger partial charge is 0.236 e. The Morgan fingerprint density at radius 1 is 1.29 bits per heavy atom. The fourth-order valence-corrected chi connectivity index (χ4v) is 2.72. The highest BCUT2D eigenvalue weighted by Gasteiger charge is 2.28. The van der Waals surface area contributed by atoms with E-state index in [9.17, 15) is 9.65 Å². The van der Waals surface area contributed by atoms with Crippen molar-refractivity contribution in [1.82, 2.24) is 4.98 Å². The molecule has 1 aliphatic heterocycles. The second kappa shape index (κ2) is 6.89. The summed E-state index contributed by atoms with van der Waals surface area (Å²) in [5, 5.41) is 9.30. The van der Waals surface area contributed by atoms with Crippen molar-refractivity contribution >= 4 is 5.88 Å². The maximum Gasteiger partial charge on any atom is 0.236 e. The molecule has 24 heavy (non-hydrogen) atoms.